The first-order valence-corrected chi connectivity index (χ1v) is 6.91. The van der Waals surface area contributed by atoms with Crippen molar-refractivity contribution in [2.24, 2.45) is 5.92 Å². The first-order chi connectivity index (χ1) is 5.64. The summed E-state index contributed by atoms with van der Waals surface area (Å²) in [6, 6.07) is 0.849. The molecular formula is C7H17BrO3Si. The van der Waals surface area contributed by atoms with E-state index in [1.165, 1.54) is 0 Å². The van der Waals surface area contributed by atoms with Gasteiger partial charge in [0.05, 0.1) is 0 Å². The fourth-order valence-corrected chi connectivity index (χ4v) is 3.63. The van der Waals surface area contributed by atoms with Gasteiger partial charge in [-0.15, -0.1) is 0 Å². The Labute approximate surface area is 83.9 Å². The van der Waals surface area contributed by atoms with Crippen LogP contribution in [0.5, 0.6) is 0 Å². The number of hydrogen-bond donors (Lipinski definition) is 0. The minimum Gasteiger partial charge on any atom is -0.377 e. The second kappa shape index (κ2) is 6.10. The SMILES string of the molecule is CO[Si](CC(C)CBr)(OC)OC. The van der Waals surface area contributed by atoms with Crippen molar-refractivity contribution in [3.8, 4) is 0 Å². The molecule has 12 heavy (non-hydrogen) atoms. The Balaban J connectivity index is 4.09. The third-order valence-corrected chi connectivity index (χ3v) is 5.96. The van der Waals surface area contributed by atoms with E-state index in [0.29, 0.717) is 5.92 Å². The highest BCUT2D eigenvalue weighted by atomic mass is 79.9. The summed E-state index contributed by atoms with van der Waals surface area (Å²) in [6.07, 6.45) is 0. The fraction of sp³-hybridized carbons (Fsp3) is 1.00. The second-order valence-corrected chi connectivity index (χ2v) is 6.41. The lowest BCUT2D eigenvalue weighted by atomic mass is 10.3. The maximum Gasteiger partial charge on any atom is 0.500 e. The van der Waals surface area contributed by atoms with E-state index in [9.17, 15) is 0 Å². The molecule has 0 radical (unpaired) electrons. The fourth-order valence-electron chi connectivity index (χ4n) is 0.981. The summed E-state index contributed by atoms with van der Waals surface area (Å²) >= 11 is 3.41. The molecule has 3 nitrogen and oxygen atoms in total. The summed E-state index contributed by atoms with van der Waals surface area (Å²) in [6.45, 7) is 2.13. The maximum absolute atomic E-state index is 5.28. The molecule has 0 aromatic carbocycles. The Kier molecular flexibility index (Phi) is 6.39. The van der Waals surface area contributed by atoms with Gasteiger partial charge in [-0.1, -0.05) is 22.9 Å². The predicted molar refractivity (Wildman–Crippen MR) is 54.5 cm³/mol. The molecule has 74 valence electrons. The largest absolute Gasteiger partial charge is 0.500 e. The van der Waals surface area contributed by atoms with Crippen LogP contribution in [-0.2, 0) is 13.3 Å². The van der Waals surface area contributed by atoms with Crippen LogP contribution < -0.4 is 0 Å². The molecule has 0 spiro atoms. The first-order valence-electron chi connectivity index (χ1n) is 3.85. The van der Waals surface area contributed by atoms with Crippen molar-refractivity contribution in [1.29, 1.82) is 0 Å². The number of rotatable bonds is 6. The molecule has 0 bridgehead atoms. The van der Waals surface area contributed by atoms with Gasteiger partial charge in [0.15, 0.2) is 0 Å². The van der Waals surface area contributed by atoms with Crippen LogP contribution in [0, 0.1) is 5.92 Å². The van der Waals surface area contributed by atoms with Crippen molar-refractivity contribution < 1.29 is 13.3 Å². The van der Waals surface area contributed by atoms with Crippen LogP contribution in [0.4, 0.5) is 0 Å². The summed E-state index contributed by atoms with van der Waals surface area (Å²) < 4.78 is 15.8. The van der Waals surface area contributed by atoms with Crippen molar-refractivity contribution in [2.75, 3.05) is 26.7 Å². The van der Waals surface area contributed by atoms with Crippen LogP contribution in [0.3, 0.4) is 0 Å². The molecule has 0 saturated heterocycles. The summed E-state index contributed by atoms with van der Waals surface area (Å²) in [7, 11) is 2.59. The van der Waals surface area contributed by atoms with Gasteiger partial charge in [0.25, 0.3) is 0 Å². The van der Waals surface area contributed by atoms with Crippen molar-refractivity contribution >= 4 is 24.7 Å². The third kappa shape index (κ3) is 3.53. The van der Waals surface area contributed by atoms with Crippen molar-refractivity contribution in [3.05, 3.63) is 0 Å². The zero-order chi connectivity index (χ0) is 9.61. The van der Waals surface area contributed by atoms with Gasteiger partial charge in [0, 0.05) is 32.7 Å². The van der Waals surface area contributed by atoms with Crippen molar-refractivity contribution in [2.45, 2.75) is 13.0 Å². The number of halogens is 1. The molecular weight excluding hydrogens is 240 g/mol. The maximum atomic E-state index is 5.28. The van der Waals surface area contributed by atoms with E-state index in [-0.39, 0.29) is 0 Å². The summed E-state index contributed by atoms with van der Waals surface area (Å²) in [5.41, 5.74) is 0. The van der Waals surface area contributed by atoms with Gasteiger partial charge in [-0.05, 0) is 5.92 Å². The second-order valence-electron chi connectivity index (χ2n) is 2.76. The number of hydrogen-bond acceptors (Lipinski definition) is 3. The number of alkyl halides is 1. The van der Waals surface area contributed by atoms with Gasteiger partial charge in [0.1, 0.15) is 0 Å². The normalized spacial score (nSPS) is 14.8. The van der Waals surface area contributed by atoms with Crippen molar-refractivity contribution in [3.63, 3.8) is 0 Å². The molecule has 0 N–H and O–H groups in total. The van der Waals surface area contributed by atoms with E-state index >= 15 is 0 Å². The molecule has 0 aliphatic rings. The van der Waals surface area contributed by atoms with Crippen LogP contribution in [0.2, 0.25) is 6.04 Å². The summed E-state index contributed by atoms with van der Waals surface area (Å²) in [5, 5.41) is 0.942. The van der Waals surface area contributed by atoms with Gasteiger partial charge in [-0.3, -0.25) is 0 Å². The molecule has 5 heteroatoms. The highest BCUT2D eigenvalue weighted by molar-refractivity contribution is 9.09. The predicted octanol–water partition coefficient (Wildman–Crippen LogP) is 1.90. The average Bonchev–Trinajstić information content (AvgIpc) is 2.14. The third-order valence-electron chi connectivity index (χ3n) is 1.79. The van der Waals surface area contributed by atoms with Crippen LogP contribution in [0.1, 0.15) is 6.92 Å². The Morgan fingerprint density at radius 1 is 1.17 bits per heavy atom. The van der Waals surface area contributed by atoms with Crippen LogP contribution in [0.15, 0.2) is 0 Å². The lowest BCUT2D eigenvalue weighted by Crippen LogP contribution is -2.44. The Bertz CT molecular complexity index is 111. The van der Waals surface area contributed by atoms with Crippen LogP contribution in [-0.4, -0.2) is 35.5 Å². The van der Waals surface area contributed by atoms with Crippen LogP contribution >= 0.6 is 15.9 Å². The Hall–Kier alpha value is 0.577. The minimum atomic E-state index is -2.33. The highest BCUT2D eigenvalue weighted by Crippen LogP contribution is 2.20. The molecule has 0 aliphatic carbocycles. The summed E-state index contributed by atoms with van der Waals surface area (Å²) in [4.78, 5) is 0. The van der Waals surface area contributed by atoms with E-state index in [2.05, 4.69) is 22.9 Å². The monoisotopic (exact) mass is 256 g/mol. The molecule has 1 atom stereocenters. The Morgan fingerprint density at radius 2 is 1.58 bits per heavy atom. The zero-order valence-electron chi connectivity index (χ0n) is 8.09. The molecule has 0 aromatic heterocycles. The van der Waals surface area contributed by atoms with Gasteiger partial charge >= 0.3 is 8.80 Å². The Morgan fingerprint density at radius 3 is 1.83 bits per heavy atom. The molecule has 0 heterocycles. The smallest absolute Gasteiger partial charge is 0.377 e. The molecule has 0 rings (SSSR count). The van der Waals surface area contributed by atoms with Gasteiger partial charge < -0.3 is 13.3 Å². The van der Waals surface area contributed by atoms with E-state index in [1.807, 2.05) is 0 Å². The van der Waals surface area contributed by atoms with Crippen molar-refractivity contribution in [1.82, 2.24) is 0 Å². The zero-order valence-corrected chi connectivity index (χ0v) is 10.7. The van der Waals surface area contributed by atoms with E-state index in [4.69, 9.17) is 13.3 Å². The van der Waals surface area contributed by atoms with Crippen LogP contribution in [0.25, 0.3) is 0 Å². The molecule has 0 fully saturated rings. The lowest BCUT2D eigenvalue weighted by molar-refractivity contribution is 0.120. The molecule has 0 aliphatic heterocycles. The first kappa shape index (κ1) is 12.6. The quantitative estimate of drug-likeness (QED) is 0.537. The van der Waals surface area contributed by atoms with E-state index in [0.717, 1.165) is 11.4 Å². The van der Waals surface area contributed by atoms with E-state index in [1.54, 1.807) is 21.3 Å². The minimum absolute atomic E-state index is 0.511. The van der Waals surface area contributed by atoms with Gasteiger partial charge in [-0.25, -0.2) is 0 Å². The van der Waals surface area contributed by atoms with Gasteiger partial charge in [0.2, 0.25) is 0 Å². The summed E-state index contributed by atoms with van der Waals surface area (Å²) in [5.74, 6) is 0.511. The molecule has 1 unspecified atom stereocenters. The molecule has 0 aromatic rings. The topological polar surface area (TPSA) is 27.7 Å². The molecule has 0 amide bonds. The average molecular weight is 257 g/mol. The van der Waals surface area contributed by atoms with Gasteiger partial charge in [-0.2, -0.15) is 0 Å². The lowest BCUT2D eigenvalue weighted by Gasteiger charge is -2.26. The highest BCUT2D eigenvalue weighted by Gasteiger charge is 2.38. The van der Waals surface area contributed by atoms with E-state index < -0.39 is 8.80 Å². The molecule has 0 saturated carbocycles. The standard InChI is InChI=1S/C7H17BrO3Si/c1-7(5-8)6-12(9-2,10-3)11-4/h7H,5-6H2,1-4H3.